The normalized spacial score (nSPS) is 17.5. The minimum atomic E-state index is -0.156. The van der Waals surface area contributed by atoms with Gasteiger partial charge in [0.25, 0.3) is 0 Å². The molecule has 1 aliphatic rings. The number of amides is 2. The second-order valence-corrected chi connectivity index (χ2v) is 8.57. The average Bonchev–Trinajstić information content (AvgIpc) is 3.28. The summed E-state index contributed by atoms with van der Waals surface area (Å²) in [5.74, 6) is 0. The quantitative estimate of drug-likeness (QED) is 0.792. The highest BCUT2D eigenvalue weighted by Crippen LogP contribution is 2.32. The molecule has 1 saturated heterocycles. The standard InChI is InChI=1S/C21H28N2O2S/c1-21(2,3)25-14-17-7-4-6-16(12-17)13-22-20(24)23-10-5-8-19(23)18-9-11-26-15-18/h4,6-7,9,11-12,15,19H,5,8,10,13-14H2,1-3H3,(H,22,24). The van der Waals surface area contributed by atoms with E-state index < -0.39 is 0 Å². The Kier molecular flexibility index (Phi) is 5.99. The van der Waals surface area contributed by atoms with E-state index in [1.54, 1.807) is 11.3 Å². The Labute approximate surface area is 160 Å². The highest BCUT2D eigenvalue weighted by Gasteiger charge is 2.29. The molecule has 2 amide bonds. The number of hydrogen-bond acceptors (Lipinski definition) is 3. The van der Waals surface area contributed by atoms with Crippen LogP contribution in [0, 0.1) is 0 Å². The minimum absolute atomic E-state index is 0.0232. The summed E-state index contributed by atoms with van der Waals surface area (Å²) < 4.78 is 5.84. The van der Waals surface area contributed by atoms with Crippen molar-refractivity contribution >= 4 is 17.4 Å². The number of carbonyl (C=O) groups is 1. The lowest BCUT2D eigenvalue weighted by Crippen LogP contribution is -2.39. The van der Waals surface area contributed by atoms with E-state index in [0.29, 0.717) is 13.2 Å². The smallest absolute Gasteiger partial charge is 0.318 e. The van der Waals surface area contributed by atoms with Crippen LogP contribution in [0.4, 0.5) is 4.79 Å². The fourth-order valence-electron chi connectivity index (χ4n) is 3.23. The summed E-state index contributed by atoms with van der Waals surface area (Å²) in [6.07, 6.45) is 2.11. The van der Waals surface area contributed by atoms with Gasteiger partial charge in [-0.15, -0.1) is 0 Å². The summed E-state index contributed by atoms with van der Waals surface area (Å²) in [7, 11) is 0. The van der Waals surface area contributed by atoms with Gasteiger partial charge < -0.3 is 15.0 Å². The minimum Gasteiger partial charge on any atom is -0.371 e. The number of ether oxygens (including phenoxy) is 1. The zero-order valence-corrected chi connectivity index (χ0v) is 16.6. The molecule has 140 valence electrons. The largest absolute Gasteiger partial charge is 0.371 e. The molecular formula is C21H28N2O2S. The van der Waals surface area contributed by atoms with Crippen LogP contribution in [0.1, 0.15) is 56.3 Å². The van der Waals surface area contributed by atoms with E-state index in [0.717, 1.165) is 30.5 Å². The molecule has 1 fully saturated rings. The number of benzene rings is 1. The maximum atomic E-state index is 12.7. The Hall–Kier alpha value is -1.85. The van der Waals surface area contributed by atoms with Crippen LogP contribution in [0.2, 0.25) is 0 Å². The Morgan fingerprint density at radius 2 is 2.12 bits per heavy atom. The van der Waals surface area contributed by atoms with Gasteiger partial charge in [-0.25, -0.2) is 4.79 Å². The fraction of sp³-hybridized carbons (Fsp3) is 0.476. The summed E-state index contributed by atoms with van der Waals surface area (Å²) in [6.45, 7) is 8.10. The summed E-state index contributed by atoms with van der Waals surface area (Å²) in [4.78, 5) is 14.6. The van der Waals surface area contributed by atoms with Crippen molar-refractivity contribution in [2.45, 2.75) is 58.4 Å². The first-order valence-electron chi connectivity index (χ1n) is 9.21. The van der Waals surface area contributed by atoms with Crippen LogP contribution in [-0.2, 0) is 17.9 Å². The van der Waals surface area contributed by atoms with Gasteiger partial charge in [0.2, 0.25) is 0 Å². The molecule has 26 heavy (non-hydrogen) atoms. The monoisotopic (exact) mass is 372 g/mol. The lowest BCUT2D eigenvalue weighted by Gasteiger charge is -2.24. The Morgan fingerprint density at radius 1 is 1.31 bits per heavy atom. The molecule has 0 spiro atoms. The summed E-state index contributed by atoms with van der Waals surface area (Å²) in [6, 6.07) is 10.6. The zero-order valence-electron chi connectivity index (χ0n) is 15.8. The van der Waals surface area contributed by atoms with Crippen molar-refractivity contribution in [3.8, 4) is 0 Å². The van der Waals surface area contributed by atoms with Crippen molar-refractivity contribution in [1.29, 1.82) is 0 Å². The van der Waals surface area contributed by atoms with E-state index in [2.05, 4.69) is 55.0 Å². The van der Waals surface area contributed by atoms with Crippen molar-refractivity contribution in [1.82, 2.24) is 10.2 Å². The van der Waals surface area contributed by atoms with Crippen molar-refractivity contribution in [3.63, 3.8) is 0 Å². The molecule has 1 aliphatic heterocycles. The lowest BCUT2D eigenvalue weighted by molar-refractivity contribution is -0.0149. The van der Waals surface area contributed by atoms with E-state index in [1.807, 2.05) is 17.0 Å². The molecular weight excluding hydrogens is 344 g/mol. The molecule has 2 heterocycles. The van der Waals surface area contributed by atoms with Crippen LogP contribution in [0.5, 0.6) is 0 Å². The molecule has 0 radical (unpaired) electrons. The van der Waals surface area contributed by atoms with E-state index in [1.165, 1.54) is 5.56 Å². The van der Waals surface area contributed by atoms with Crippen LogP contribution < -0.4 is 5.32 Å². The van der Waals surface area contributed by atoms with Gasteiger partial charge in [0.1, 0.15) is 0 Å². The average molecular weight is 373 g/mol. The molecule has 4 nitrogen and oxygen atoms in total. The third-order valence-electron chi connectivity index (χ3n) is 4.55. The van der Waals surface area contributed by atoms with Crippen LogP contribution in [-0.4, -0.2) is 23.1 Å². The number of thiophene rings is 1. The first-order chi connectivity index (χ1) is 12.4. The molecule has 1 N–H and O–H groups in total. The van der Waals surface area contributed by atoms with Crippen molar-refractivity contribution < 1.29 is 9.53 Å². The van der Waals surface area contributed by atoms with Gasteiger partial charge in [-0.3, -0.25) is 0 Å². The first kappa shape index (κ1) is 18.9. The molecule has 1 unspecified atom stereocenters. The number of rotatable bonds is 5. The second-order valence-electron chi connectivity index (χ2n) is 7.79. The van der Waals surface area contributed by atoms with Gasteiger partial charge in [0, 0.05) is 13.1 Å². The molecule has 3 rings (SSSR count). The number of carbonyl (C=O) groups excluding carboxylic acids is 1. The predicted molar refractivity (Wildman–Crippen MR) is 106 cm³/mol. The Bertz CT molecular complexity index is 722. The molecule has 1 aromatic heterocycles. The second kappa shape index (κ2) is 8.23. The number of hydrogen-bond donors (Lipinski definition) is 1. The molecule has 2 aromatic rings. The maximum Gasteiger partial charge on any atom is 0.318 e. The van der Waals surface area contributed by atoms with E-state index in [4.69, 9.17) is 4.74 Å². The topological polar surface area (TPSA) is 41.6 Å². The van der Waals surface area contributed by atoms with Crippen LogP contribution in [0.15, 0.2) is 41.1 Å². The van der Waals surface area contributed by atoms with Crippen molar-refractivity contribution in [2.24, 2.45) is 0 Å². The number of nitrogens with zero attached hydrogens (tertiary/aromatic N) is 1. The summed E-state index contributed by atoms with van der Waals surface area (Å²) in [5.41, 5.74) is 3.32. The van der Waals surface area contributed by atoms with Crippen LogP contribution in [0.25, 0.3) is 0 Å². The van der Waals surface area contributed by atoms with E-state index >= 15 is 0 Å². The molecule has 0 saturated carbocycles. The van der Waals surface area contributed by atoms with E-state index in [9.17, 15) is 4.79 Å². The summed E-state index contributed by atoms with van der Waals surface area (Å²) in [5, 5.41) is 7.31. The molecule has 1 aromatic carbocycles. The highest BCUT2D eigenvalue weighted by atomic mass is 32.1. The highest BCUT2D eigenvalue weighted by molar-refractivity contribution is 7.07. The van der Waals surface area contributed by atoms with Gasteiger partial charge in [-0.05, 0) is 67.1 Å². The van der Waals surface area contributed by atoms with Gasteiger partial charge in [0.05, 0.1) is 18.2 Å². The van der Waals surface area contributed by atoms with E-state index in [-0.39, 0.29) is 17.7 Å². The number of nitrogens with one attached hydrogen (secondary N) is 1. The SMILES string of the molecule is CC(C)(C)OCc1cccc(CNC(=O)N2CCCC2c2ccsc2)c1. The van der Waals surface area contributed by atoms with Gasteiger partial charge in [-0.1, -0.05) is 24.3 Å². The summed E-state index contributed by atoms with van der Waals surface area (Å²) >= 11 is 1.69. The zero-order chi connectivity index (χ0) is 18.6. The van der Waals surface area contributed by atoms with Crippen molar-refractivity contribution in [3.05, 3.63) is 57.8 Å². The van der Waals surface area contributed by atoms with Crippen LogP contribution >= 0.6 is 11.3 Å². The number of likely N-dealkylation sites (tertiary alicyclic amines) is 1. The predicted octanol–water partition coefficient (Wildman–Crippen LogP) is 5.11. The lowest BCUT2D eigenvalue weighted by atomic mass is 10.1. The van der Waals surface area contributed by atoms with Gasteiger partial charge in [0.15, 0.2) is 0 Å². The molecule has 0 aliphatic carbocycles. The maximum absolute atomic E-state index is 12.7. The third-order valence-corrected chi connectivity index (χ3v) is 5.25. The Balaban J connectivity index is 1.56. The fourth-order valence-corrected chi connectivity index (χ4v) is 3.94. The molecule has 5 heteroatoms. The molecule has 0 bridgehead atoms. The third kappa shape index (κ3) is 5.08. The Morgan fingerprint density at radius 3 is 2.85 bits per heavy atom. The van der Waals surface area contributed by atoms with Gasteiger partial charge >= 0.3 is 6.03 Å². The first-order valence-corrected chi connectivity index (χ1v) is 10.1. The van der Waals surface area contributed by atoms with Crippen molar-refractivity contribution in [2.75, 3.05) is 6.54 Å². The van der Waals surface area contributed by atoms with Gasteiger partial charge in [-0.2, -0.15) is 11.3 Å². The van der Waals surface area contributed by atoms with Crippen LogP contribution in [0.3, 0.4) is 0 Å². The number of urea groups is 1. The molecule has 1 atom stereocenters.